The van der Waals surface area contributed by atoms with E-state index >= 15 is 0 Å². The number of fused-ring (bicyclic) bond motifs is 1. The fourth-order valence-electron chi connectivity index (χ4n) is 2.84. The number of aromatic nitrogens is 3. The molecule has 2 aromatic heterocycles. The molecule has 0 fully saturated rings. The maximum absolute atomic E-state index is 12.4. The molecule has 0 aliphatic heterocycles. The number of ether oxygens (including phenoxy) is 1. The first-order chi connectivity index (χ1) is 14.0. The van der Waals surface area contributed by atoms with E-state index in [9.17, 15) is 4.79 Å². The number of rotatable bonds is 5. The first-order valence-corrected chi connectivity index (χ1v) is 9.75. The van der Waals surface area contributed by atoms with Crippen LogP contribution in [0.25, 0.3) is 22.3 Å². The van der Waals surface area contributed by atoms with E-state index in [-0.39, 0.29) is 5.91 Å². The molecule has 1 N–H and O–H groups in total. The second-order valence-electron chi connectivity index (χ2n) is 6.22. The van der Waals surface area contributed by atoms with Crippen molar-refractivity contribution in [3.63, 3.8) is 0 Å². The standard InChI is InChI=1S/C20H16ClN5O2S/c1-26-11-22-16-7-12(3-6-17(16)26)10-23-24-20(27)19-9-15(25-29-19)14-5-4-13(21)8-18(14)28-2/h3-11H,1-2H3,(H,24,27)/b23-10+. The van der Waals surface area contributed by atoms with Crippen molar-refractivity contribution in [2.75, 3.05) is 7.11 Å². The van der Waals surface area contributed by atoms with Gasteiger partial charge in [0.25, 0.3) is 5.91 Å². The van der Waals surface area contributed by atoms with Crippen LogP contribution < -0.4 is 10.2 Å². The normalized spacial score (nSPS) is 11.3. The Morgan fingerprint density at radius 1 is 1.28 bits per heavy atom. The van der Waals surface area contributed by atoms with Gasteiger partial charge in [-0.2, -0.15) is 9.47 Å². The van der Waals surface area contributed by atoms with Gasteiger partial charge in [0.1, 0.15) is 10.6 Å². The first-order valence-electron chi connectivity index (χ1n) is 8.60. The van der Waals surface area contributed by atoms with Crippen LogP contribution in [0.2, 0.25) is 5.02 Å². The van der Waals surface area contributed by atoms with Crippen LogP contribution in [0.15, 0.2) is 53.9 Å². The van der Waals surface area contributed by atoms with Crippen LogP contribution in [-0.4, -0.2) is 33.2 Å². The smallest absolute Gasteiger partial charge is 0.283 e. The number of methoxy groups -OCH3 is 1. The fourth-order valence-corrected chi connectivity index (χ4v) is 3.64. The lowest BCUT2D eigenvalue weighted by Gasteiger charge is -2.06. The van der Waals surface area contributed by atoms with E-state index in [1.807, 2.05) is 35.9 Å². The molecule has 0 saturated heterocycles. The van der Waals surface area contributed by atoms with Gasteiger partial charge in [0.2, 0.25) is 0 Å². The Bertz CT molecular complexity index is 1230. The molecule has 4 aromatic rings. The van der Waals surface area contributed by atoms with Crippen molar-refractivity contribution in [3.05, 3.63) is 64.3 Å². The summed E-state index contributed by atoms with van der Waals surface area (Å²) in [6, 6.07) is 12.7. The predicted octanol–water partition coefficient (Wildman–Crippen LogP) is 4.12. The summed E-state index contributed by atoms with van der Waals surface area (Å²) in [5, 5.41) is 4.60. The summed E-state index contributed by atoms with van der Waals surface area (Å²) in [6.45, 7) is 0. The molecule has 0 atom stereocenters. The van der Waals surface area contributed by atoms with E-state index in [1.165, 1.54) is 0 Å². The molecular formula is C20H16ClN5O2S. The molecule has 0 aliphatic carbocycles. The molecule has 4 rings (SSSR count). The third-order valence-electron chi connectivity index (χ3n) is 4.30. The summed E-state index contributed by atoms with van der Waals surface area (Å²) in [4.78, 5) is 17.1. The van der Waals surface area contributed by atoms with E-state index in [2.05, 4.69) is 19.9 Å². The highest BCUT2D eigenvalue weighted by atomic mass is 35.5. The largest absolute Gasteiger partial charge is 0.496 e. The van der Waals surface area contributed by atoms with Crippen LogP contribution in [0.5, 0.6) is 5.75 Å². The number of carbonyl (C=O) groups is 1. The lowest BCUT2D eigenvalue weighted by molar-refractivity contribution is 0.0959. The van der Waals surface area contributed by atoms with Gasteiger partial charge in [-0.1, -0.05) is 17.7 Å². The van der Waals surface area contributed by atoms with E-state index in [1.54, 1.807) is 37.9 Å². The van der Waals surface area contributed by atoms with Crippen molar-refractivity contribution in [2.24, 2.45) is 12.1 Å². The molecule has 29 heavy (non-hydrogen) atoms. The maximum Gasteiger partial charge on any atom is 0.283 e. The number of hydrogen-bond acceptors (Lipinski definition) is 6. The van der Waals surface area contributed by atoms with E-state index in [0.717, 1.165) is 33.7 Å². The minimum absolute atomic E-state index is 0.336. The van der Waals surface area contributed by atoms with E-state index < -0.39 is 0 Å². The summed E-state index contributed by atoms with van der Waals surface area (Å²) in [7, 11) is 3.50. The van der Waals surface area contributed by atoms with Gasteiger partial charge in [-0.25, -0.2) is 10.4 Å². The van der Waals surface area contributed by atoms with Gasteiger partial charge < -0.3 is 9.30 Å². The van der Waals surface area contributed by atoms with Gasteiger partial charge in [0.15, 0.2) is 0 Å². The Morgan fingerprint density at radius 2 is 2.14 bits per heavy atom. The topological polar surface area (TPSA) is 81.4 Å². The van der Waals surface area contributed by atoms with Crippen LogP contribution in [0, 0.1) is 0 Å². The minimum atomic E-state index is -0.336. The highest BCUT2D eigenvalue weighted by molar-refractivity contribution is 7.08. The van der Waals surface area contributed by atoms with Gasteiger partial charge in [0, 0.05) is 17.6 Å². The zero-order valence-electron chi connectivity index (χ0n) is 15.6. The van der Waals surface area contributed by atoms with Crippen LogP contribution in [-0.2, 0) is 7.05 Å². The second kappa shape index (κ2) is 8.02. The number of nitrogens with one attached hydrogen (secondary N) is 1. The van der Waals surface area contributed by atoms with Crippen molar-refractivity contribution in [2.45, 2.75) is 0 Å². The monoisotopic (exact) mass is 425 g/mol. The van der Waals surface area contributed by atoms with Crippen LogP contribution in [0.3, 0.4) is 0 Å². The molecule has 0 unspecified atom stereocenters. The molecular weight excluding hydrogens is 410 g/mol. The predicted molar refractivity (Wildman–Crippen MR) is 115 cm³/mol. The Hall–Kier alpha value is -3.23. The van der Waals surface area contributed by atoms with Crippen LogP contribution in [0.4, 0.5) is 0 Å². The van der Waals surface area contributed by atoms with E-state index in [4.69, 9.17) is 16.3 Å². The summed E-state index contributed by atoms with van der Waals surface area (Å²) < 4.78 is 11.6. The quantitative estimate of drug-likeness (QED) is 0.385. The van der Waals surface area contributed by atoms with Crippen molar-refractivity contribution in [1.29, 1.82) is 0 Å². The van der Waals surface area contributed by atoms with Crippen molar-refractivity contribution in [1.82, 2.24) is 19.4 Å². The number of hydrazone groups is 1. The summed E-state index contributed by atoms with van der Waals surface area (Å²) in [5.74, 6) is 0.259. The molecule has 0 bridgehead atoms. The number of hydrogen-bond donors (Lipinski definition) is 1. The SMILES string of the molecule is COc1cc(Cl)ccc1-c1cc(C(=O)N/N=C/c2ccc3c(c2)ncn3C)sn1. The summed E-state index contributed by atoms with van der Waals surface area (Å²) >= 11 is 7.09. The van der Waals surface area contributed by atoms with Gasteiger partial charge in [-0.15, -0.1) is 0 Å². The molecule has 2 heterocycles. The van der Waals surface area contributed by atoms with Gasteiger partial charge in [0.05, 0.1) is 36.4 Å². The zero-order valence-corrected chi connectivity index (χ0v) is 17.2. The minimum Gasteiger partial charge on any atom is -0.496 e. The van der Waals surface area contributed by atoms with Gasteiger partial charge in [-0.05, 0) is 53.5 Å². The molecule has 7 nitrogen and oxygen atoms in total. The molecule has 2 aromatic carbocycles. The molecule has 146 valence electrons. The molecule has 1 amide bonds. The molecule has 0 radical (unpaired) electrons. The number of benzene rings is 2. The summed E-state index contributed by atoms with van der Waals surface area (Å²) in [5.41, 5.74) is 6.66. The third kappa shape index (κ3) is 3.98. The Balaban J connectivity index is 1.47. The number of imidazole rings is 1. The molecule has 0 saturated carbocycles. The van der Waals surface area contributed by atoms with Crippen LogP contribution >= 0.6 is 23.1 Å². The zero-order chi connectivity index (χ0) is 20.4. The molecule has 0 aliphatic rings. The van der Waals surface area contributed by atoms with E-state index in [0.29, 0.717) is 21.3 Å². The van der Waals surface area contributed by atoms with Crippen molar-refractivity contribution >= 4 is 46.3 Å². The maximum atomic E-state index is 12.4. The Morgan fingerprint density at radius 3 is 2.97 bits per heavy atom. The lowest BCUT2D eigenvalue weighted by Crippen LogP contribution is -2.16. The highest BCUT2D eigenvalue weighted by Crippen LogP contribution is 2.33. The molecule has 0 spiro atoms. The average molecular weight is 426 g/mol. The van der Waals surface area contributed by atoms with Gasteiger partial charge >= 0.3 is 0 Å². The number of carbonyl (C=O) groups excluding carboxylic acids is 1. The van der Waals surface area contributed by atoms with Crippen molar-refractivity contribution < 1.29 is 9.53 Å². The van der Waals surface area contributed by atoms with Gasteiger partial charge in [-0.3, -0.25) is 4.79 Å². The number of aryl methyl sites for hydroxylation is 1. The number of halogens is 1. The van der Waals surface area contributed by atoms with Crippen molar-refractivity contribution in [3.8, 4) is 17.0 Å². The lowest BCUT2D eigenvalue weighted by atomic mass is 10.1. The average Bonchev–Trinajstić information content (AvgIpc) is 3.35. The number of amides is 1. The highest BCUT2D eigenvalue weighted by Gasteiger charge is 2.14. The van der Waals surface area contributed by atoms with Crippen LogP contribution in [0.1, 0.15) is 15.2 Å². The number of nitrogens with zero attached hydrogens (tertiary/aromatic N) is 4. The summed E-state index contributed by atoms with van der Waals surface area (Å²) in [6.07, 6.45) is 3.33. The molecule has 9 heteroatoms. The second-order valence-corrected chi connectivity index (χ2v) is 7.47. The fraction of sp³-hybridized carbons (Fsp3) is 0.100. The Kier molecular flexibility index (Phi) is 5.28. The Labute approximate surface area is 175 Å². The third-order valence-corrected chi connectivity index (χ3v) is 5.33. The first kappa shape index (κ1) is 19.1.